The average molecular weight is 323 g/mol. The minimum atomic E-state index is -0.0706. The zero-order chi connectivity index (χ0) is 14.7. The van der Waals surface area contributed by atoms with Crippen LogP contribution >= 0.6 is 12.4 Å². The lowest BCUT2D eigenvalue weighted by Gasteiger charge is -2.30. The van der Waals surface area contributed by atoms with E-state index in [0.29, 0.717) is 5.92 Å². The summed E-state index contributed by atoms with van der Waals surface area (Å²) in [4.78, 5) is 12.4. The molecule has 1 aliphatic carbocycles. The van der Waals surface area contributed by atoms with Gasteiger partial charge in [-0.15, -0.1) is 12.4 Å². The van der Waals surface area contributed by atoms with Crippen molar-refractivity contribution in [2.45, 2.75) is 51.6 Å². The van der Waals surface area contributed by atoms with Gasteiger partial charge in [-0.05, 0) is 35.8 Å². The third-order valence-corrected chi connectivity index (χ3v) is 5.23. The molecule has 122 valence electrons. The first-order chi connectivity index (χ1) is 10.2. The Hall–Kier alpha value is -1.06. The monoisotopic (exact) mass is 322 g/mol. The quantitative estimate of drug-likeness (QED) is 0.898. The molecule has 0 bridgehead atoms. The first kappa shape index (κ1) is 17.3. The van der Waals surface area contributed by atoms with Gasteiger partial charge in [0.05, 0.1) is 6.04 Å². The van der Waals surface area contributed by atoms with Crippen LogP contribution < -0.4 is 10.6 Å². The molecule has 0 spiro atoms. The second-order valence-electron chi connectivity index (χ2n) is 6.67. The number of amides is 1. The van der Waals surface area contributed by atoms with Crippen molar-refractivity contribution in [1.82, 2.24) is 10.6 Å². The van der Waals surface area contributed by atoms with Crippen LogP contribution in [0.4, 0.5) is 0 Å². The summed E-state index contributed by atoms with van der Waals surface area (Å²) in [6, 6.07) is 8.33. The van der Waals surface area contributed by atoms with Crippen molar-refractivity contribution < 1.29 is 4.79 Å². The number of fused-ring (bicyclic) bond motifs is 1. The van der Waals surface area contributed by atoms with Crippen molar-refractivity contribution in [1.29, 1.82) is 0 Å². The SMILES string of the molecule is CC1CCCCC1CNC(=O)C1Cc2ccccc2CN1.Cl. The number of hydrogen-bond acceptors (Lipinski definition) is 2. The largest absolute Gasteiger partial charge is 0.354 e. The first-order valence-electron chi connectivity index (χ1n) is 8.32. The van der Waals surface area contributed by atoms with Gasteiger partial charge in [0.15, 0.2) is 0 Å². The number of carbonyl (C=O) groups is 1. The molecule has 1 aromatic rings. The van der Waals surface area contributed by atoms with E-state index in [-0.39, 0.29) is 24.4 Å². The smallest absolute Gasteiger partial charge is 0.237 e. The highest BCUT2D eigenvalue weighted by molar-refractivity contribution is 5.85. The van der Waals surface area contributed by atoms with Gasteiger partial charge >= 0.3 is 0 Å². The van der Waals surface area contributed by atoms with Crippen LogP contribution in [0.3, 0.4) is 0 Å². The van der Waals surface area contributed by atoms with Gasteiger partial charge in [-0.1, -0.05) is 50.5 Å². The Bertz CT molecular complexity index is 506. The third-order valence-electron chi connectivity index (χ3n) is 5.23. The predicted octanol–water partition coefficient (Wildman–Crippen LogP) is 3.07. The number of rotatable bonds is 3. The number of halogens is 1. The molecule has 3 atom stereocenters. The molecule has 0 aromatic heterocycles. The summed E-state index contributed by atoms with van der Waals surface area (Å²) in [5.74, 6) is 1.58. The van der Waals surface area contributed by atoms with E-state index in [1.807, 2.05) is 0 Å². The van der Waals surface area contributed by atoms with E-state index in [0.717, 1.165) is 25.4 Å². The molecule has 1 aliphatic heterocycles. The molecule has 3 rings (SSSR count). The first-order valence-corrected chi connectivity index (χ1v) is 8.32. The molecule has 22 heavy (non-hydrogen) atoms. The lowest BCUT2D eigenvalue weighted by molar-refractivity contribution is -0.123. The topological polar surface area (TPSA) is 41.1 Å². The second-order valence-corrected chi connectivity index (χ2v) is 6.67. The minimum absolute atomic E-state index is 0. The van der Waals surface area contributed by atoms with Crippen LogP contribution in [-0.2, 0) is 17.8 Å². The zero-order valence-electron chi connectivity index (χ0n) is 13.3. The van der Waals surface area contributed by atoms with Gasteiger partial charge in [0.2, 0.25) is 5.91 Å². The van der Waals surface area contributed by atoms with E-state index in [9.17, 15) is 4.79 Å². The van der Waals surface area contributed by atoms with Crippen molar-refractivity contribution in [3.63, 3.8) is 0 Å². The van der Waals surface area contributed by atoms with Crippen molar-refractivity contribution >= 4 is 18.3 Å². The van der Waals surface area contributed by atoms with E-state index in [2.05, 4.69) is 41.8 Å². The van der Waals surface area contributed by atoms with Crippen molar-refractivity contribution in [2.24, 2.45) is 11.8 Å². The van der Waals surface area contributed by atoms with Crippen LogP contribution in [0.25, 0.3) is 0 Å². The molecule has 2 N–H and O–H groups in total. The maximum absolute atomic E-state index is 12.4. The van der Waals surface area contributed by atoms with Gasteiger partial charge in [0, 0.05) is 13.1 Å². The molecule has 1 aromatic carbocycles. The maximum Gasteiger partial charge on any atom is 0.237 e. The Kier molecular flexibility index (Phi) is 6.27. The van der Waals surface area contributed by atoms with Gasteiger partial charge in [-0.25, -0.2) is 0 Å². The van der Waals surface area contributed by atoms with E-state index in [1.165, 1.54) is 36.8 Å². The summed E-state index contributed by atoms with van der Waals surface area (Å²) < 4.78 is 0. The molecule has 4 heteroatoms. The van der Waals surface area contributed by atoms with Crippen molar-refractivity contribution in [3.8, 4) is 0 Å². The van der Waals surface area contributed by atoms with Crippen LogP contribution in [0.5, 0.6) is 0 Å². The van der Waals surface area contributed by atoms with Gasteiger partial charge in [0.25, 0.3) is 0 Å². The summed E-state index contributed by atoms with van der Waals surface area (Å²) in [6.07, 6.45) is 6.06. The van der Waals surface area contributed by atoms with E-state index in [4.69, 9.17) is 0 Å². The number of nitrogens with one attached hydrogen (secondary N) is 2. The summed E-state index contributed by atoms with van der Waals surface area (Å²) in [7, 11) is 0. The third kappa shape index (κ3) is 4.02. The van der Waals surface area contributed by atoms with E-state index in [1.54, 1.807) is 0 Å². The second kappa shape index (κ2) is 7.98. The van der Waals surface area contributed by atoms with Crippen LogP contribution in [0.15, 0.2) is 24.3 Å². The predicted molar refractivity (Wildman–Crippen MR) is 92.2 cm³/mol. The van der Waals surface area contributed by atoms with Gasteiger partial charge in [-0.2, -0.15) is 0 Å². The van der Waals surface area contributed by atoms with Crippen molar-refractivity contribution in [3.05, 3.63) is 35.4 Å². The van der Waals surface area contributed by atoms with E-state index < -0.39 is 0 Å². The molecule has 3 nitrogen and oxygen atoms in total. The molecule has 2 aliphatic rings. The van der Waals surface area contributed by atoms with Crippen LogP contribution in [0.2, 0.25) is 0 Å². The van der Waals surface area contributed by atoms with Gasteiger partial charge in [0.1, 0.15) is 0 Å². The molecule has 1 fully saturated rings. The van der Waals surface area contributed by atoms with Crippen LogP contribution in [0.1, 0.15) is 43.7 Å². The summed E-state index contributed by atoms with van der Waals surface area (Å²) in [5, 5.41) is 6.54. The number of benzene rings is 1. The van der Waals surface area contributed by atoms with Crippen LogP contribution in [-0.4, -0.2) is 18.5 Å². The number of hydrogen-bond donors (Lipinski definition) is 2. The van der Waals surface area contributed by atoms with Gasteiger partial charge in [-0.3, -0.25) is 4.79 Å². The highest BCUT2D eigenvalue weighted by atomic mass is 35.5. The molecule has 0 saturated heterocycles. The standard InChI is InChI=1S/C18H26N2O.ClH/c1-13-6-2-3-8-15(13)11-20-18(21)17-10-14-7-4-5-9-16(14)12-19-17;/h4-5,7,9,13,15,17,19H,2-3,6,8,10-12H2,1H3,(H,20,21);1H. The highest BCUT2D eigenvalue weighted by Crippen LogP contribution is 2.28. The molecular formula is C18H27ClN2O. The Labute approximate surface area is 139 Å². The fourth-order valence-electron chi connectivity index (χ4n) is 3.69. The van der Waals surface area contributed by atoms with Crippen molar-refractivity contribution in [2.75, 3.05) is 6.54 Å². The molecular weight excluding hydrogens is 296 g/mol. The number of carbonyl (C=O) groups excluding carboxylic acids is 1. The van der Waals surface area contributed by atoms with E-state index >= 15 is 0 Å². The molecule has 1 heterocycles. The Morgan fingerprint density at radius 1 is 1.23 bits per heavy atom. The summed E-state index contributed by atoms with van der Waals surface area (Å²) in [5.41, 5.74) is 2.63. The molecule has 3 unspecified atom stereocenters. The van der Waals surface area contributed by atoms with Gasteiger partial charge < -0.3 is 10.6 Å². The average Bonchev–Trinajstić information content (AvgIpc) is 2.53. The maximum atomic E-state index is 12.4. The lowest BCUT2D eigenvalue weighted by atomic mass is 9.80. The minimum Gasteiger partial charge on any atom is -0.354 e. The Balaban J connectivity index is 0.00000176. The Morgan fingerprint density at radius 3 is 2.73 bits per heavy atom. The summed E-state index contributed by atoms with van der Waals surface area (Å²) >= 11 is 0. The lowest BCUT2D eigenvalue weighted by Crippen LogP contribution is -2.49. The fourth-order valence-corrected chi connectivity index (χ4v) is 3.69. The fraction of sp³-hybridized carbons (Fsp3) is 0.611. The molecule has 0 radical (unpaired) electrons. The summed E-state index contributed by atoms with van der Waals surface area (Å²) in [6.45, 7) is 3.97. The molecule has 1 amide bonds. The Morgan fingerprint density at radius 2 is 1.95 bits per heavy atom. The zero-order valence-corrected chi connectivity index (χ0v) is 14.1. The normalized spacial score (nSPS) is 27.4. The molecule has 1 saturated carbocycles. The highest BCUT2D eigenvalue weighted by Gasteiger charge is 2.26. The van der Waals surface area contributed by atoms with Crippen LogP contribution in [0, 0.1) is 11.8 Å².